The number of amides is 1. The second-order valence-corrected chi connectivity index (χ2v) is 4.56. The highest BCUT2D eigenvalue weighted by atomic mass is 35.5. The lowest BCUT2D eigenvalue weighted by atomic mass is 10.2. The van der Waals surface area contributed by atoms with Gasteiger partial charge in [0.05, 0.1) is 0 Å². The molecule has 2 unspecified atom stereocenters. The van der Waals surface area contributed by atoms with Gasteiger partial charge in [-0.3, -0.25) is 9.59 Å². The maximum atomic E-state index is 11.7. The molecule has 0 saturated heterocycles. The smallest absolute Gasteiger partial charge is 0.268 e. The van der Waals surface area contributed by atoms with E-state index in [0.717, 1.165) is 0 Å². The van der Waals surface area contributed by atoms with Crippen molar-refractivity contribution in [3.8, 4) is 0 Å². The van der Waals surface area contributed by atoms with Gasteiger partial charge in [0.1, 0.15) is 5.69 Å². The molecule has 16 heavy (non-hydrogen) atoms. The summed E-state index contributed by atoms with van der Waals surface area (Å²) in [7, 11) is 0. The van der Waals surface area contributed by atoms with Gasteiger partial charge in [0.2, 0.25) is 5.56 Å². The van der Waals surface area contributed by atoms with Crippen molar-refractivity contribution in [2.24, 2.45) is 0 Å². The number of aromatic amines is 1. The standard InChI is InChI=1S/C11H15ClN2O2/c1-7(12)6-8(2)13-11(16)9-4-3-5-10(15)14-9/h3-5,7-8H,6H2,1-2H3,(H,13,16)(H,14,15). The van der Waals surface area contributed by atoms with Gasteiger partial charge in [-0.25, -0.2) is 0 Å². The minimum Gasteiger partial charge on any atom is -0.348 e. The first-order valence-electron chi connectivity index (χ1n) is 5.13. The molecule has 1 aromatic heterocycles. The molecule has 5 heteroatoms. The molecular formula is C11H15ClN2O2. The fourth-order valence-corrected chi connectivity index (χ4v) is 1.70. The fourth-order valence-electron chi connectivity index (χ4n) is 1.43. The van der Waals surface area contributed by atoms with E-state index in [9.17, 15) is 9.59 Å². The van der Waals surface area contributed by atoms with E-state index < -0.39 is 0 Å². The largest absolute Gasteiger partial charge is 0.348 e. The van der Waals surface area contributed by atoms with Gasteiger partial charge in [-0.2, -0.15) is 0 Å². The Morgan fingerprint density at radius 1 is 1.50 bits per heavy atom. The van der Waals surface area contributed by atoms with Crippen LogP contribution < -0.4 is 10.9 Å². The molecule has 0 radical (unpaired) electrons. The minimum absolute atomic E-state index is 0.00474. The van der Waals surface area contributed by atoms with E-state index in [1.165, 1.54) is 6.07 Å². The molecule has 0 fully saturated rings. The minimum atomic E-state index is -0.289. The summed E-state index contributed by atoms with van der Waals surface area (Å²) in [5.74, 6) is -0.289. The van der Waals surface area contributed by atoms with Crippen LogP contribution in [0.4, 0.5) is 0 Å². The predicted molar refractivity (Wildman–Crippen MR) is 63.9 cm³/mol. The van der Waals surface area contributed by atoms with Crippen molar-refractivity contribution in [2.75, 3.05) is 0 Å². The van der Waals surface area contributed by atoms with Crippen molar-refractivity contribution in [2.45, 2.75) is 31.7 Å². The summed E-state index contributed by atoms with van der Waals surface area (Å²) in [5, 5.41) is 2.77. The Bertz CT molecular complexity index is 414. The van der Waals surface area contributed by atoms with Crippen molar-refractivity contribution in [1.29, 1.82) is 0 Å². The van der Waals surface area contributed by atoms with E-state index in [0.29, 0.717) is 6.42 Å². The third-order valence-corrected chi connectivity index (χ3v) is 2.25. The molecule has 0 bridgehead atoms. The number of hydrogen-bond donors (Lipinski definition) is 2. The molecule has 1 heterocycles. The molecule has 0 saturated carbocycles. The number of rotatable bonds is 4. The first-order chi connectivity index (χ1) is 7.49. The van der Waals surface area contributed by atoms with Crippen molar-refractivity contribution >= 4 is 17.5 Å². The maximum absolute atomic E-state index is 11.7. The summed E-state index contributed by atoms with van der Waals surface area (Å²) in [6.07, 6.45) is 0.685. The van der Waals surface area contributed by atoms with Gasteiger partial charge in [0, 0.05) is 17.5 Å². The van der Waals surface area contributed by atoms with Crippen LogP contribution in [0.3, 0.4) is 0 Å². The lowest BCUT2D eigenvalue weighted by Gasteiger charge is -2.14. The number of nitrogens with one attached hydrogen (secondary N) is 2. The summed E-state index contributed by atoms with van der Waals surface area (Å²) >= 11 is 5.82. The third-order valence-electron chi connectivity index (χ3n) is 2.07. The Morgan fingerprint density at radius 3 is 2.75 bits per heavy atom. The van der Waals surface area contributed by atoms with Crippen LogP contribution in [0.2, 0.25) is 0 Å². The zero-order chi connectivity index (χ0) is 12.1. The van der Waals surface area contributed by atoms with Gasteiger partial charge in [-0.1, -0.05) is 6.07 Å². The Kier molecular flexibility index (Phi) is 4.55. The molecule has 1 rings (SSSR count). The molecule has 1 aromatic rings. The molecule has 2 N–H and O–H groups in total. The lowest BCUT2D eigenvalue weighted by molar-refractivity contribution is 0.0933. The Balaban J connectivity index is 2.62. The maximum Gasteiger partial charge on any atom is 0.268 e. The van der Waals surface area contributed by atoms with Gasteiger partial charge < -0.3 is 10.3 Å². The normalized spacial score (nSPS) is 14.2. The second kappa shape index (κ2) is 5.70. The summed E-state index contributed by atoms with van der Waals surface area (Å²) < 4.78 is 0. The van der Waals surface area contributed by atoms with E-state index in [1.54, 1.807) is 12.1 Å². The summed E-state index contributed by atoms with van der Waals surface area (Å²) in [6, 6.07) is 4.45. The van der Waals surface area contributed by atoms with Crippen molar-refractivity contribution < 1.29 is 4.79 Å². The topological polar surface area (TPSA) is 62.0 Å². The molecule has 88 valence electrons. The number of hydrogen-bond acceptors (Lipinski definition) is 2. The summed E-state index contributed by atoms with van der Waals surface area (Å²) in [5.41, 5.74) is -0.0207. The number of alkyl halides is 1. The van der Waals surface area contributed by atoms with Crippen LogP contribution >= 0.6 is 11.6 Å². The highest BCUT2D eigenvalue weighted by Gasteiger charge is 2.11. The Labute approximate surface area is 99.0 Å². The van der Waals surface area contributed by atoms with E-state index in [4.69, 9.17) is 11.6 Å². The van der Waals surface area contributed by atoms with Crippen LogP contribution in [0, 0.1) is 0 Å². The molecule has 1 amide bonds. The monoisotopic (exact) mass is 242 g/mol. The summed E-state index contributed by atoms with van der Waals surface area (Å²) in [6.45, 7) is 3.74. The zero-order valence-corrected chi connectivity index (χ0v) is 10.0. The van der Waals surface area contributed by atoms with Gasteiger partial charge in [-0.15, -0.1) is 11.6 Å². The van der Waals surface area contributed by atoms with Crippen LogP contribution in [-0.4, -0.2) is 22.3 Å². The Morgan fingerprint density at radius 2 is 2.19 bits per heavy atom. The Hall–Kier alpha value is -1.29. The number of aromatic nitrogens is 1. The van der Waals surface area contributed by atoms with E-state index in [2.05, 4.69) is 10.3 Å². The second-order valence-electron chi connectivity index (χ2n) is 3.82. The summed E-state index contributed by atoms with van der Waals surface area (Å²) in [4.78, 5) is 25.1. The fraction of sp³-hybridized carbons (Fsp3) is 0.455. The highest BCUT2D eigenvalue weighted by molar-refractivity contribution is 6.20. The van der Waals surface area contributed by atoms with Crippen molar-refractivity contribution in [3.63, 3.8) is 0 Å². The first kappa shape index (κ1) is 12.8. The van der Waals surface area contributed by atoms with Gasteiger partial charge >= 0.3 is 0 Å². The molecule has 2 atom stereocenters. The van der Waals surface area contributed by atoms with Gasteiger partial charge in [-0.05, 0) is 26.3 Å². The van der Waals surface area contributed by atoms with Gasteiger partial charge in [0.25, 0.3) is 5.91 Å². The number of carbonyl (C=O) groups is 1. The van der Waals surface area contributed by atoms with E-state index >= 15 is 0 Å². The third kappa shape index (κ3) is 4.06. The zero-order valence-electron chi connectivity index (χ0n) is 9.29. The van der Waals surface area contributed by atoms with Gasteiger partial charge in [0.15, 0.2) is 0 Å². The molecule has 0 aliphatic rings. The first-order valence-corrected chi connectivity index (χ1v) is 5.57. The molecule has 0 aliphatic carbocycles. The number of H-pyrrole nitrogens is 1. The quantitative estimate of drug-likeness (QED) is 0.787. The molecule has 0 aliphatic heterocycles. The highest BCUT2D eigenvalue weighted by Crippen LogP contribution is 2.04. The van der Waals surface area contributed by atoms with Crippen LogP contribution in [-0.2, 0) is 0 Å². The predicted octanol–water partition coefficient (Wildman–Crippen LogP) is 1.51. The van der Waals surface area contributed by atoms with E-state index in [-0.39, 0.29) is 28.6 Å². The molecule has 4 nitrogen and oxygen atoms in total. The van der Waals surface area contributed by atoms with Crippen LogP contribution in [0.25, 0.3) is 0 Å². The molecular weight excluding hydrogens is 228 g/mol. The SMILES string of the molecule is CC(Cl)CC(C)NC(=O)c1cccc(=O)[nH]1. The van der Waals surface area contributed by atoms with Crippen LogP contribution in [0.15, 0.2) is 23.0 Å². The van der Waals surface area contributed by atoms with Crippen molar-refractivity contribution in [3.05, 3.63) is 34.2 Å². The average Bonchev–Trinajstić information content (AvgIpc) is 2.16. The number of pyridine rings is 1. The van der Waals surface area contributed by atoms with Crippen LogP contribution in [0.1, 0.15) is 30.8 Å². The number of carbonyl (C=O) groups excluding carboxylic acids is 1. The van der Waals surface area contributed by atoms with E-state index in [1.807, 2.05) is 13.8 Å². The van der Waals surface area contributed by atoms with Crippen molar-refractivity contribution in [1.82, 2.24) is 10.3 Å². The van der Waals surface area contributed by atoms with Crippen LogP contribution in [0.5, 0.6) is 0 Å². The number of halogens is 1. The average molecular weight is 243 g/mol. The lowest BCUT2D eigenvalue weighted by Crippen LogP contribution is -2.35. The molecule has 0 spiro atoms. The molecule has 0 aromatic carbocycles.